The first-order valence-corrected chi connectivity index (χ1v) is 13.6. The lowest BCUT2D eigenvalue weighted by Gasteiger charge is -2.25. The lowest BCUT2D eigenvalue weighted by molar-refractivity contribution is -0.126. The zero-order valence-corrected chi connectivity index (χ0v) is 23.2. The zero-order chi connectivity index (χ0) is 28.1. The molecule has 4 N–H and O–H groups in total. The van der Waals surface area contributed by atoms with Gasteiger partial charge in [0.05, 0.1) is 18.7 Å². The Morgan fingerprint density at radius 2 is 1.73 bits per heavy atom. The highest BCUT2D eigenvalue weighted by Crippen LogP contribution is 2.26. The molecule has 2 aromatic heterocycles. The average molecular weight is 537 g/mol. The number of aromatic amines is 1. The average Bonchev–Trinajstić information content (AvgIpc) is 3.55. The molecule has 0 radical (unpaired) electrons. The van der Waals surface area contributed by atoms with Crippen molar-refractivity contribution in [3.05, 3.63) is 113 Å². The summed E-state index contributed by atoms with van der Waals surface area (Å²) in [5.41, 5.74) is 9.61. The van der Waals surface area contributed by atoms with Gasteiger partial charge in [-0.1, -0.05) is 60.7 Å². The summed E-state index contributed by atoms with van der Waals surface area (Å²) in [5.74, 6) is 2.11. The number of nitrogens with two attached hydrogens (primary N) is 1. The standard InChI is InChI=1S/C32H36N6O2/c1-32(2,33)31(39)35-28(20-24-21-34-27-12-8-7-11-26(24)27)30-37-36-29(19-23-13-15-25(40-3)16-14-23)38(30)18-17-22-9-5-4-6-10-22/h4-16,21,28,34H,17-20,33H2,1-3H3,(H,35,39)/t28-/m1/s1. The molecule has 1 atom stereocenters. The van der Waals surface area contributed by atoms with Crippen molar-refractivity contribution in [3.63, 3.8) is 0 Å². The van der Waals surface area contributed by atoms with E-state index >= 15 is 0 Å². The second kappa shape index (κ2) is 11.8. The molecule has 0 bridgehead atoms. The van der Waals surface area contributed by atoms with E-state index in [1.807, 2.05) is 66.9 Å². The molecular weight excluding hydrogens is 500 g/mol. The maximum Gasteiger partial charge on any atom is 0.240 e. The number of nitrogens with one attached hydrogen (secondary N) is 2. The van der Waals surface area contributed by atoms with Gasteiger partial charge in [0.25, 0.3) is 0 Å². The number of aryl methyl sites for hydroxylation is 1. The van der Waals surface area contributed by atoms with Crippen molar-refractivity contribution < 1.29 is 9.53 Å². The molecule has 0 saturated heterocycles. The summed E-state index contributed by atoms with van der Waals surface area (Å²) in [6.07, 6.45) is 3.94. The van der Waals surface area contributed by atoms with E-state index in [4.69, 9.17) is 10.5 Å². The summed E-state index contributed by atoms with van der Waals surface area (Å²) in [4.78, 5) is 16.5. The minimum Gasteiger partial charge on any atom is -0.497 e. The number of fused-ring (bicyclic) bond motifs is 1. The molecule has 8 nitrogen and oxygen atoms in total. The SMILES string of the molecule is COc1ccc(Cc2nnc([C@@H](Cc3c[nH]c4ccccc34)NC(=O)C(C)(C)N)n2CCc2ccccc2)cc1. The Hall–Kier alpha value is -4.43. The van der Waals surface area contributed by atoms with Crippen molar-refractivity contribution in [3.8, 4) is 5.75 Å². The molecule has 2 heterocycles. The summed E-state index contributed by atoms with van der Waals surface area (Å²) in [6, 6.07) is 26.1. The van der Waals surface area contributed by atoms with Crippen molar-refractivity contribution in [2.75, 3.05) is 7.11 Å². The van der Waals surface area contributed by atoms with E-state index in [1.165, 1.54) is 5.56 Å². The van der Waals surface area contributed by atoms with E-state index in [-0.39, 0.29) is 5.91 Å². The second-order valence-electron chi connectivity index (χ2n) is 10.7. The van der Waals surface area contributed by atoms with Crippen molar-refractivity contribution in [1.82, 2.24) is 25.1 Å². The number of amides is 1. The van der Waals surface area contributed by atoms with Crippen LogP contribution in [0.15, 0.2) is 85.1 Å². The van der Waals surface area contributed by atoms with Crippen LogP contribution in [0.3, 0.4) is 0 Å². The Morgan fingerprint density at radius 3 is 2.45 bits per heavy atom. The molecule has 206 valence electrons. The van der Waals surface area contributed by atoms with Crippen LogP contribution in [0.5, 0.6) is 5.75 Å². The highest BCUT2D eigenvalue weighted by atomic mass is 16.5. The van der Waals surface area contributed by atoms with E-state index in [2.05, 4.69) is 43.3 Å². The van der Waals surface area contributed by atoms with Gasteiger partial charge >= 0.3 is 0 Å². The van der Waals surface area contributed by atoms with Crippen molar-refractivity contribution >= 4 is 16.8 Å². The normalized spacial score (nSPS) is 12.4. The van der Waals surface area contributed by atoms with Crippen LogP contribution < -0.4 is 15.8 Å². The van der Waals surface area contributed by atoms with E-state index in [1.54, 1.807) is 21.0 Å². The summed E-state index contributed by atoms with van der Waals surface area (Å²) in [7, 11) is 1.66. The third-order valence-corrected chi connectivity index (χ3v) is 7.15. The maximum atomic E-state index is 13.2. The van der Waals surface area contributed by atoms with Gasteiger partial charge in [0.15, 0.2) is 5.82 Å². The number of ether oxygens (including phenoxy) is 1. The Bertz CT molecular complexity index is 1560. The van der Waals surface area contributed by atoms with Crippen LogP contribution in [0.1, 0.15) is 48.2 Å². The lowest BCUT2D eigenvalue weighted by Crippen LogP contribution is -2.50. The first kappa shape index (κ1) is 27.1. The first-order valence-electron chi connectivity index (χ1n) is 13.6. The van der Waals surface area contributed by atoms with Gasteiger partial charge in [0, 0.05) is 36.5 Å². The number of methoxy groups -OCH3 is 1. The summed E-state index contributed by atoms with van der Waals surface area (Å²) < 4.78 is 7.48. The highest BCUT2D eigenvalue weighted by Gasteiger charge is 2.29. The van der Waals surface area contributed by atoms with Gasteiger partial charge in [-0.3, -0.25) is 4.79 Å². The van der Waals surface area contributed by atoms with E-state index in [0.717, 1.165) is 40.0 Å². The first-order chi connectivity index (χ1) is 19.3. The summed E-state index contributed by atoms with van der Waals surface area (Å²) in [5, 5.41) is 13.6. The molecule has 0 aliphatic carbocycles. The number of hydrogen-bond donors (Lipinski definition) is 3. The van der Waals surface area contributed by atoms with E-state index in [9.17, 15) is 4.79 Å². The van der Waals surface area contributed by atoms with Gasteiger partial charge in [-0.15, -0.1) is 10.2 Å². The molecule has 0 spiro atoms. The highest BCUT2D eigenvalue weighted by molar-refractivity contribution is 5.86. The molecule has 3 aromatic carbocycles. The Balaban J connectivity index is 1.53. The van der Waals surface area contributed by atoms with Gasteiger partial charge in [-0.05, 0) is 55.2 Å². The minimum atomic E-state index is -1.04. The lowest BCUT2D eigenvalue weighted by atomic mass is 10.0. The van der Waals surface area contributed by atoms with Crippen LogP contribution >= 0.6 is 0 Å². The van der Waals surface area contributed by atoms with Gasteiger partial charge in [-0.25, -0.2) is 0 Å². The van der Waals surface area contributed by atoms with Crippen LogP contribution in [0, 0.1) is 0 Å². The minimum absolute atomic E-state index is 0.244. The predicted octanol–water partition coefficient (Wildman–Crippen LogP) is 4.74. The third-order valence-electron chi connectivity index (χ3n) is 7.15. The monoisotopic (exact) mass is 536 g/mol. The van der Waals surface area contributed by atoms with Crippen LogP contribution in [-0.4, -0.2) is 38.3 Å². The number of hydrogen-bond acceptors (Lipinski definition) is 5. The number of para-hydroxylation sites is 1. The van der Waals surface area contributed by atoms with Crippen molar-refractivity contribution in [2.45, 2.75) is 51.2 Å². The van der Waals surface area contributed by atoms with Crippen LogP contribution in [0.4, 0.5) is 0 Å². The van der Waals surface area contributed by atoms with Gasteiger partial charge in [-0.2, -0.15) is 0 Å². The number of nitrogens with zero attached hydrogens (tertiary/aromatic N) is 3. The van der Waals surface area contributed by atoms with Crippen LogP contribution in [0.2, 0.25) is 0 Å². The Labute approximate surface area is 234 Å². The molecule has 0 aliphatic rings. The fourth-order valence-corrected chi connectivity index (χ4v) is 4.86. The molecule has 40 heavy (non-hydrogen) atoms. The molecule has 0 saturated carbocycles. The van der Waals surface area contributed by atoms with Gasteiger partial charge < -0.3 is 25.3 Å². The zero-order valence-electron chi connectivity index (χ0n) is 23.2. The molecule has 5 aromatic rings. The number of carbonyl (C=O) groups is 1. The Kier molecular flexibility index (Phi) is 7.98. The Morgan fingerprint density at radius 1 is 1.00 bits per heavy atom. The van der Waals surface area contributed by atoms with Gasteiger partial charge in [0.2, 0.25) is 5.91 Å². The molecule has 0 unspecified atom stereocenters. The van der Waals surface area contributed by atoms with Crippen LogP contribution in [0.25, 0.3) is 10.9 Å². The van der Waals surface area contributed by atoms with E-state index < -0.39 is 11.6 Å². The molecule has 1 amide bonds. The number of aromatic nitrogens is 4. The number of H-pyrrole nitrogens is 1. The third kappa shape index (κ3) is 6.24. The summed E-state index contributed by atoms with van der Waals surface area (Å²) >= 11 is 0. The quantitative estimate of drug-likeness (QED) is 0.226. The molecule has 0 fully saturated rings. The maximum absolute atomic E-state index is 13.2. The topological polar surface area (TPSA) is 111 Å². The largest absolute Gasteiger partial charge is 0.497 e. The smallest absolute Gasteiger partial charge is 0.240 e. The second-order valence-corrected chi connectivity index (χ2v) is 10.7. The number of carbonyl (C=O) groups excluding carboxylic acids is 1. The molecule has 0 aliphatic heterocycles. The molecule has 8 heteroatoms. The fourth-order valence-electron chi connectivity index (χ4n) is 4.86. The summed E-state index contributed by atoms with van der Waals surface area (Å²) in [6.45, 7) is 4.09. The number of rotatable bonds is 11. The fraction of sp³-hybridized carbons (Fsp3) is 0.281. The van der Waals surface area contributed by atoms with E-state index in [0.29, 0.717) is 25.2 Å². The van der Waals surface area contributed by atoms with Crippen LogP contribution in [-0.2, 0) is 30.6 Å². The molecular formula is C32H36N6O2. The number of benzene rings is 3. The predicted molar refractivity (Wildman–Crippen MR) is 157 cm³/mol. The van der Waals surface area contributed by atoms with Crippen molar-refractivity contribution in [2.24, 2.45) is 5.73 Å². The van der Waals surface area contributed by atoms with Crippen molar-refractivity contribution in [1.29, 1.82) is 0 Å². The molecule has 5 rings (SSSR count). The van der Waals surface area contributed by atoms with Gasteiger partial charge in [0.1, 0.15) is 11.6 Å².